The van der Waals surface area contributed by atoms with Crippen LogP contribution >= 0.6 is 0 Å². The van der Waals surface area contributed by atoms with Gasteiger partial charge in [-0.2, -0.15) is 5.10 Å². The topological polar surface area (TPSA) is 17.3 Å². The Balaban J connectivity index is 2.29. The van der Waals surface area contributed by atoms with Crippen LogP contribution in [0.1, 0.15) is 61.9 Å². The van der Waals surface area contributed by atoms with Crippen molar-refractivity contribution in [2.45, 2.75) is 65.2 Å². The van der Waals surface area contributed by atoms with Gasteiger partial charge in [0.25, 0.3) is 0 Å². The quantitative estimate of drug-likeness (QED) is 0.804. The van der Waals surface area contributed by atoms with Crippen molar-refractivity contribution in [3.63, 3.8) is 0 Å². The molecular weight excluding hydrogens is 232 g/mol. The van der Waals surface area contributed by atoms with E-state index in [9.17, 15) is 0 Å². The van der Waals surface area contributed by atoms with Crippen molar-refractivity contribution in [2.75, 3.05) is 0 Å². The molecule has 2 aromatic rings. The monoisotopic (exact) mass is 256 g/mol. The van der Waals surface area contributed by atoms with E-state index in [1.165, 1.54) is 56.2 Å². The van der Waals surface area contributed by atoms with Gasteiger partial charge in [0.05, 0.1) is 5.52 Å². The van der Waals surface area contributed by atoms with Gasteiger partial charge in [0.2, 0.25) is 0 Å². The van der Waals surface area contributed by atoms with Crippen molar-refractivity contribution in [1.82, 2.24) is 9.61 Å². The minimum Gasteiger partial charge on any atom is -0.237 e. The first-order valence-electron chi connectivity index (χ1n) is 7.86. The average molecular weight is 256 g/mol. The lowest BCUT2D eigenvalue weighted by molar-refractivity contribution is 0.661. The molecular formula is C17H24N2. The molecule has 2 heteroatoms. The predicted octanol–water partition coefficient (Wildman–Crippen LogP) is 4.12. The minimum atomic E-state index is 1.15. The van der Waals surface area contributed by atoms with Crippen molar-refractivity contribution < 1.29 is 0 Å². The average Bonchev–Trinajstić information content (AvgIpc) is 2.92. The number of hydrogen-bond acceptors (Lipinski definition) is 1. The SMILES string of the molecule is CCCc1c2c(c3ccnn3c1CCC)CCCC2. The molecule has 2 nitrogen and oxygen atoms in total. The number of fused-ring (bicyclic) bond motifs is 3. The maximum atomic E-state index is 4.60. The third-order valence-electron chi connectivity index (χ3n) is 4.37. The fourth-order valence-corrected chi connectivity index (χ4v) is 3.61. The Hall–Kier alpha value is -1.31. The molecule has 0 fully saturated rings. The Morgan fingerprint density at radius 1 is 1.05 bits per heavy atom. The van der Waals surface area contributed by atoms with Crippen LogP contribution in [0.25, 0.3) is 5.52 Å². The van der Waals surface area contributed by atoms with Crippen LogP contribution in [0.5, 0.6) is 0 Å². The number of hydrogen-bond donors (Lipinski definition) is 0. The van der Waals surface area contributed by atoms with Crippen molar-refractivity contribution in [1.29, 1.82) is 0 Å². The fraction of sp³-hybridized carbons (Fsp3) is 0.588. The third kappa shape index (κ3) is 2.07. The standard InChI is InChI=1S/C17H24N2/c1-3-7-14-13-9-5-6-10-15(13)17-11-12-18-19(17)16(14)8-4-2/h11-12H,3-10H2,1-2H3. The van der Waals surface area contributed by atoms with E-state index in [-0.39, 0.29) is 0 Å². The summed E-state index contributed by atoms with van der Waals surface area (Å²) in [5, 5.41) is 4.60. The number of nitrogens with zero attached hydrogens (tertiary/aromatic N) is 2. The molecule has 1 aliphatic rings. The van der Waals surface area contributed by atoms with Crippen LogP contribution in [0.15, 0.2) is 12.3 Å². The zero-order chi connectivity index (χ0) is 13.2. The van der Waals surface area contributed by atoms with Gasteiger partial charge in [-0.3, -0.25) is 0 Å². The molecule has 0 atom stereocenters. The van der Waals surface area contributed by atoms with Gasteiger partial charge < -0.3 is 0 Å². The molecule has 0 amide bonds. The maximum Gasteiger partial charge on any atom is 0.0699 e. The zero-order valence-corrected chi connectivity index (χ0v) is 12.2. The normalized spacial score (nSPS) is 14.8. The van der Waals surface area contributed by atoms with Gasteiger partial charge >= 0.3 is 0 Å². The molecule has 3 rings (SSSR count). The van der Waals surface area contributed by atoms with E-state index in [1.807, 2.05) is 6.20 Å². The van der Waals surface area contributed by atoms with E-state index >= 15 is 0 Å². The Morgan fingerprint density at radius 3 is 2.53 bits per heavy atom. The van der Waals surface area contributed by atoms with Gasteiger partial charge in [0, 0.05) is 11.9 Å². The molecule has 0 saturated heterocycles. The number of pyridine rings is 1. The summed E-state index contributed by atoms with van der Waals surface area (Å²) >= 11 is 0. The first kappa shape index (κ1) is 12.7. The van der Waals surface area contributed by atoms with Crippen LogP contribution in [-0.2, 0) is 25.7 Å². The van der Waals surface area contributed by atoms with Crippen molar-refractivity contribution in [3.8, 4) is 0 Å². The van der Waals surface area contributed by atoms with Crippen molar-refractivity contribution in [3.05, 3.63) is 34.6 Å². The lowest BCUT2D eigenvalue weighted by Crippen LogP contribution is -2.15. The van der Waals surface area contributed by atoms with Gasteiger partial charge in [0.15, 0.2) is 0 Å². The highest BCUT2D eigenvalue weighted by Gasteiger charge is 2.21. The summed E-state index contributed by atoms with van der Waals surface area (Å²) in [6.07, 6.45) is 12.0. The van der Waals surface area contributed by atoms with Crippen LogP contribution < -0.4 is 0 Å². The second-order valence-corrected chi connectivity index (χ2v) is 5.72. The van der Waals surface area contributed by atoms with E-state index in [2.05, 4.69) is 29.5 Å². The molecule has 0 bridgehead atoms. The van der Waals surface area contributed by atoms with Crippen LogP contribution in [-0.4, -0.2) is 9.61 Å². The number of rotatable bonds is 4. The van der Waals surface area contributed by atoms with E-state index < -0.39 is 0 Å². The molecule has 102 valence electrons. The molecule has 0 radical (unpaired) electrons. The van der Waals surface area contributed by atoms with Crippen LogP contribution in [0.3, 0.4) is 0 Å². The summed E-state index contributed by atoms with van der Waals surface area (Å²) in [6.45, 7) is 4.56. The summed E-state index contributed by atoms with van der Waals surface area (Å²) in [5.41, 5.74) is 7.73. The zero-order valence-electron chi connectivity index (χ0n) is 12.2. The lowest BCUT2D eigenvalue weighted by Gasteiger charge is -2.24. The van der Waals surface area contributed by atoms with E-state index in [1.54, 1.807) is 16.7 Å². The van der Waals surface area contributed by atoms with E-state index in [0.717, 1.165) is 6.42 Å². The Morgan fingerprint density at radius 2 is 1.79 bits per heavy atom. The first-order valence-corrected chi connectivity index (χ1v) is 7.86. The van der Waals surface area contributed by atoms with Gasteiger partial charge in [-0.15, -0.1) is 0 Å². The molecule has 0 saturated carbocycles. The fourth-order valence-electron chi connectivity index (χ4n) is 3.61. The lowest BCUT2D eigenvalue weighted by atomic mass is 9.85. The largest absolute Gasteiger partial charge is 0.237 e. The second kappa shape index (κ2) is 5.36. The number of aryl methyl sites for hydroxylation is 2. The molecule has 0 spiro atoms. The van der Waals surface area contributed by atoms with Crippen molar-refractivity contribution in [2.24, 2.45) is 0 Å². The molecule has 2 aromatic heterocycles. The highest BCUT2D eigenvalue weighted by Crippen LogP contribution is 2.32. The minimum absolute atomic E-state index is 1.15. The van der Waals surface area contributed by atoms with E-state index in [0.29, 0.717) is 0 Å². The van der Waals surface area contributed by atoms with Crippen molar-refractivity contribution >= 4 is 5.52 Å². The maximum absolute atomic E-state index is 4.60. The summed E-state index contributed by atoms with van der Waals surface area (Å²) in [4.78, 5) is 0. The predicted molar refractivity (Wildman–Crippen MR) is 79.8 cm³/mol. The third-order valence-corrected chi connectivity index (χ3v) is 4.37. The summed E-state index contributed by atoms with van der Waals surface area (Å²) < 4.78 is 2.23. The number of aromatic nitrogens is 2. The first-order chi connectivity index (χ1) is 9.36. The molecule has 2 heterocycles. The summed E-state index contributed by atoms with van der Waals surface area (Å²) in [6, 6.07) is 2.21. The van der Waals surface area contributed by atoms with Crippen LogP contribution in [0.2, 0.25) is 0 Å². The van der Waals surface area contributed by atoms with Gasteiger partial charge in [-0.1, -0.05) is 26.7 Å². The molecule has 19 heavy (non-hydrogen) atoms. The van der Waals surface area contributed by atoms with Crippen LogP contribution in [0.4, 0.5) is 0 Å². The Labute approximate surface area is 115 Å². The summed E-state index contributed by atoms with van der Waals surface area (Å²) in [7, 11) is 0. The van der Waals surface area contributed by atoms with Gasteiger partial charge in [-0.25, -0.2) is 4.52 Å². The molecule has 0 unspecified atom stereocenters. The highest BCUT2D eigenvalue weighted by molar-refractivity contribution is 5.61. The second-order valence-electron chi connectivity index (χ2n) is 5.72. The Kier molecular flexibility index (Phi) is 3.58. The molecule has 0 N–H and O–H groups in total. The highest BCUT2D eigenvalue weighted by atomic mass is 15.2. The van der Waals surface area contributed by atoms with Crippen LogP contribution in [0, 0.1) is 0 Å². The summed E-state index contributed by atoms with van der Waals surface area (Å²) in [5.74, 6) is 0. The molecule has 0 aliphatic heterocycles. The Bertz CT molecular complexity index is 580. The van der Waals surface area contributed by atoms with E-state index in [4.69, 9.17) is 0 Å². The van der Waals surface area contributed by atoms with Gasteiger partial charge in [0.1, 0.15) is 0 Å². The smallest absolute Gasteiger partial charge is 0.0699 e. The molecule has 1 aliphatic carbocycles. The van der Waals surface area contributed by atoms with Gasteiger partial charge in [-0.05, 0) is 61.3 Å². The molecule has 0 aromatic carbocycles.